The summed E-state index contributed by atoms with van der Waals surface area (Å²) in [5, 5.41) is 0. The smallest absolute Gasteiger partial charge is 0.232 e. The Morgan fingerprint density at radius 2 is 1.84 bits per heavy atom. The molecule has 106 valence electrons. The molecule has 0 radical (unpaired) electrons. The van der Waals surface area contributed by atoms with E-state index < -0.39 is 15.9 Å². The third-order valence-corrected chi connectivity index (χ3v) is 4.50. The number of nitrogen functional groups attached to an aromatic ring is 1. The van der Waals surface area contributed by atoms with Gasteiger partial charge >= 0.3 is 0 Å². The minimum absolute atomic E-state index is 0.00471. The first kappa shape index (κ1) is 15.5. The maximum Gasteiger partial charge on any atom is 0.232 e. The van der Waals surface area contributed by atoms with Crippen LogP contribution in [0.3, 0.4) is 0 Å². The molecule has 1 aromatic carbocycles. The van der Waals surface area contributed by atoms with E-state index in [-0.39, 0.29) is 18.8 Å². The maximum absolute atomic E-state index is 12.0. The number of primary amides is 1. The Labute approximate surface area is 113 Å². The van der Waals surface area contributed by atoms with E-state index in [0.717, 1.165) is 9.87 Å². The molecule has 1 amide bonds. The lowest BCUT2D eigenvalue weighted by atomic mass is 10.2. The van der Waals surface area contributed by atoms with Crippen LogP contribution in [0.4, 0.5) is 5.69 Å². The second-order valence-corrected chi connectivity index (χ2v) is 6.38. The monoisotopic (exact) mass is 285 g/mol. The number of benzene rings is 1. The Hall–Kier alpha value is -1.60. The van der Waals surface area contributed by atoms with Crippen LogP contribution in [0.5, 0.6) is 0 Å². The Balaban J connectivity index is 2.92. The van der Waals surface area contributed by atoms with Crippen molar-refractivity contribution < 1.29 is 13.2 Å². The molecular weight excluding hydrogens is 266 g/mol. The summed E-state index contributed by atoms with van der Waals surface area (Å²) in [5.74, 6) is -0.676. The highest BCUT2D eigenvalue weighted by Crippen LogP contribution is 2.12. The van der Waals surface area contributed by atoms with Crippen LogP contribution in [0, 0.1) is 0 Å². The predicted octanol–water partition coefficient (Wildman–Crippen LogP) is 0.296. The average molecular weight is 285 g/mol. The van der Waals surface area contributed by atoms with E-state index in [1.807, 2.05) is 0 Å². The van der Waals surface area contributed by atoms with Gasteiger partial charge in [0.05, 0.1) is 12.3 Å². The minimum atomic E-state index is -3.47. The molecule has 1 aromatic rings. The van der Waals surface area contributed by atoms with Crippen molar-refractivity contribution in [3.63, 3.8) is 0 Å². The van der Waals surface area contributed by atoms with Gasteiger partial charge in [0.1, 0.15) is 0 Å². The van der Waals surface area contributed by atoms with Crippen LogP contribution in [-0.4, -0.2) is 30.9 Å². The van der Waals surface area contributed by atoms with Crippen LogP contribution in [0.15, 0.2) is 24.3 Å². The van der Waals surface area contributed by atoms with Gasteiger partial charge < -0.3 is 11.5 Å². The lowest BCUT2D eigenvalue weighted by Gasteiger charge is -2.20. The van der Waals surface area contributed by atoms with Gasteiger partial charge in [-0.05, 0) is 24.1 Å². The number of nitrogens with two attached hydrogens (primary N) is 2. The number of rotatable bonds is 7. The molecule has 4 N–H and O–H groups in total. The normalized spacial score (nSPS) is 11.7. The summed E-state index contributed by atoms with van der Waals surface area (Å²) in [6, 6.07) is 6.82. The molecule has 0 fully saturated rings. The number of amides is 1. The highest BCUT2D eigenvalue weighted by molar-refractivity contribution is 7.89. The number of carbonyl (C=O) groups is 1. The lowest BCUT2D eigenvalue weighted by molar-refractivity contribution is -0.118. The molecule has 7 heteroatoms. The zero-order chi connectivity index (χ0) is 14.5. The van der Waals surface area contributed by atoms with Crippen LogP contribution in [0.25, 0.3) is 0 Å². The fourth-order valence-corrected chi connectivity index (χ4v) is 3.08. The van der Waals surface area contributed by atoms with Gasteiger partial charge in [-0.15, -0.1) is 0 Å². The molecule has 0 spiro atoms. The Kier molecular flexibility index (Phi) is 5.31. The molecule has 0 atom stereocenters. The number of hydrogen-bond donors (Lipinski definition) is 2. The average Bonchev–Trinajstić information content (AvgIpc) is 2.30. The molecular formula is C12H19N3O3S. The van der Waals surface area contributed by atoms with Crippen LogP contribution in [0.1, 0.15) is 18.9 Å². The molecule has 19 heavy (non-hydrogen) atoms. The van der Waals surface area contributed by atoms with E-state index in [9.17, 15) is 13.2 Å². The number of nitrogens with zero attached hydrogens (tertiary/aromatic N) is 1. The largest absolute Gasteiger partial charge is 0.399 e. The van der Waals surface area contributed by atoms with Crippen LogP contribution in [-0.2, 0) is 21.4 Å². The van der Waals surface area contributed by atoms with E-state index >= 15 is 0 Å². The summed E-state index contributed by atoms with van der Waals surface area (Å²) in [6.45, 7) is 1.57. The SMILES string of the molecule is CCCS(=O)(=O)N(CC(N)=O)Cc1ccc(N)cc1. The summed E-state index contributed by atoms with van der Waals surface area (Å²) >= 11 is 0. The first-order chi connectivity index (χ1) is 8.85. The van der Waals surface area contributed by atoms with Crippen LogP contribution in [0.2, 0.25) is 0 Å². The molecule has 0 saturated carbocycles. The quantitative estimate of drug-likeness (QED) is 0.702. The summed E-state index contributed by atoms with van der Waals surface area (Å²) < 4.78 is 25.2. The Morgan fingerprint density at radius 1 is 1.26 bits per heavy atom. The summed E-state index contributed by atoms with van der Waals surface area (Å²) in [5.41, 5.74) is 12.0. The second kappa shape index (κ2) is 6.53. The van der Waals surface area contributed by atoms with Gasteiger partial charge in [0, 0.05) is 12.2 Å². The zero-order valence-electron chi connectivity index (χ0n) is 10.9. The van der Waals surface area contributed by atoms with Gasteiger partial charge in [0.2, 0.25) is 15.9 Å². The first-order valence-electron chi connectivity index (χ1n) is 5.95. The van der Waals surface area contributed by atoms with E-state index in [2.05, 4.69) is 0 Å². The summed E-state index contributed by atoms with van der Waals surface area (Å²) in [7, 11) is -3.47. The third-order valence-electron chi connectivity index (χ3n) is 2.53. The summed E-state index contributed by atoms with van der Waals surface area (Å²) in [4.78, 5) is 11.0. The fourth-order valence-electron chi connectivity index (χ4n) is 1.64. The van der Waals surface area contributed by atoms with Crippen molar-refractivity contribution in [1.82, 2.24) is 4.31 Å². The van der Waals surface area contributed by atoms with Gasteiger partial charge in [-0.1, -0.05) is 19.1 Å². The van der Waals surface area contributed by atoms with Gasteiger partial charge in [-0.3, -0.25) is 4.79 Å². The van der Waals surface area contributed by atoms with Crippen molar-refractivity contribution in [3.05, 3.63) is 29.8 Å². The number of anilines is 1. The van der Waals surface area contributed by atoms with E-state index in [4.69, 9.17) is 11.5 Å². The van der Waals surface area contributed by atoms with Crippen molar-refractivity contribution in [3.8, 4) is 0 Å². The number of carbonyl (C=O) groups excluding carboxylic acids is 1. The Bertz CT molecular complexity index is 526. The highest BCUT2D eigenvalue weighted by Gasteiger charge is 2.22. The second-order valence-electron chi connectivity index (χ2n) is 4.29. The van der Waals surface area contributed by atoms with Crippen molar-refractivity contribution in [1.29, 1.82) is 0 Å². The van der Waals surface area contributed by atoms with E-state index in [1.165, 1.54) is 0 Å². The predicted molar refractivity (Wildman–Crippen MR) is 74.5 cm³/mol. The van der Waals surface area contributed by atoms with Gasteiger partial charge in [0.25, 0.3) is 0 Å². The molecule has 0 aliphatic heterocycles. The van der Waals surface area contributed by atoms with Crippen molar-refractivity contribution in [2.75, 3.05) is 18.0 Å². The van der Waals surface area contributed by atoms with E-state index in [0.29, 0.717) is 12.1 Å². The maximum atomic E-state index is 12.0. The number of hydrogen-bond acceptors (Lipinski definition) is 4. The topological polar surface area (TPSA) is 106 Å². The molecule has 0 aromatic heterocycles. The molecule has 0 heterocycles. The molecule has 0 unspecified atom stereocenters. The van der Waals surface area contributed by atoms with Gasteiger partial charge in [0.15, 0.2) is 0 Å². The zero-order valence-corrected chi connectivity index (χ0v) is 11.7. The lowest BCUT2D eigenvalue weighted by Crippen LogP contribution is -2.39. The third kappa shape index (κ3) is 4.88. The van der Waals surface area contributed by atoms with Crippen LogP contribution >= 0.6 is 0 Å². The standard InChI is InChI=1S/C12H19N3O3S/c1-2-7-19(17,18)15(9-12(14)16)8-10-3-5-11(13)6-4-10/h3-6H,2,7-9,13H2,1H3,(H2,14,16). The molecule has 0 aliphatic carbocycles. The molecule has 0 aliphatic rings. The highest BCUT2D eigenvalue weighted by atomic mass is 32.2. The molecule has 0 saturated heterocycles. The molecule has 0 bridgehead atoms. The van der Waals surface area contributed by atoms with Crippen molar-refractivity contribution >= 4 is 21.6 Å². The van der Waals surface area contributed by atoms with Crippen molar-refractivity contribution in [2.24, 2.45) is 5.73 Å². The molecule has 1 rings (SSSR count). The summed E-state index contributed by atoms with van der Waals surface area (Å²) in [6.07, 6.45) is 0.485. The van der Waals surface area contributed by atoms with Gasteiger partial charge in [-0.25, -0.2) is 8.42 Å². The minimum Gasteiger partial charge on any atom is -0.399 e. The fraction of sp³-hybridized carbons (Fsp3) is 0.417. The molecule has 6 nitrogen and oxygen atoms in total. The first-order valence-corrected chi connectivity index (χ1v) is 7.56. The number of sulfonamides is 1. The Morgan fingerprint density at radius 3 is 2.32 bits per heavy atom. The van der Waals surface area contributed by atoms with E-state index in [1.54, 1.807) is 31.2 Å². The van der Waals surface area contributed by atoms with Gasteiger partial charge in [-0.2, -0.15) is 4.31 Å². The van der Waals surface area contributed by atoms with Crippen LogP contribution < -0.4 is 11.5 Å². The van der Waals surface area contributed by atoms with Crippen molar-refractivity contribution in [2.45, 2.75) is 19.9 Å².